The van der Waals surface area contributed by atoms with Gasteiger partial charge in [-0.2, -0.15) is 9.71 Å². The maximum absolute atomic E-state index is 13.0. The van der Waals surface area contributed by atoms with Crippen LogP contribution in [0.25, 0.3) is 11.4 Å². The smallest absolute Gasteiger partial charge is 0.241 e. The average molecular weight is 420 g/mol. The lowest BCUT2D eigenvalue weighted by Crippen LogP contribution is -2.50. The van der Waals surface area contributed by atoms with E-state index in [-0.39, 0.29) is 10.8 Å². The van der Waals surface area contributed by atoms with Crippen molar-refractivity contribution < 1.29 is 22.5 Å². The summed E-state index contributed by atoms with van der Waals surface area (Å²) in [5.41, 5.74) is 1.12. The van der Waals surface area contributed by atoms with E-state index in [2.05, 4.69) is 14.9 Å². The van der Waals surface area contributed by atoms with Crippen LogP contribution in [0.4, 0.5) is 0 Å². The van der Waals surface area contributed by atoms with Gasteiger partial charge in [0.15, 0.2) is 0 Å². The lowest BCUT2D eigenvalue weighted by Gasteiger charge is -2.29. The van der Waals surface area contributed by atoms with Gasteiger partial charge in [0.25, 0.3) is 0 Å². The Morgan fingerprint density at radius 1 is 1.28 bits per heavy atom. The number of carbonyl (C=O) groups excluding carboxylic acids is 1. The Balaban J connectivity index is 1.54. The Hall–Kier alpha value is -2.30. The fourth-order valence-electron chi connectivity index (χ4n) is 3.28. The Labute approximate surface area is 169 Å². The summed E-state index contributed by atoms with van der Waals surface area (Å²) < 4.78 is 39.0. The summed E-state index contributed by atoms with van der Waals surface area (Å²) in [6.45, 7) is 5.09. The third-order valence-corrected chi connectivity index (χ3v) is 6.81. The Morgan fingerprint density at radius 2 is 2.00 bits per heavy atom. The first-order valence-corrected chi connectivity index (χ1v) is 11.2. The van der Waals surface area contributed by atoms with Gasteiger partial charge in [0.05, 0.1) is 24.2 Å². The van der Waals surface area contributed by atoms with Crippen molar-refractivity contribution in [2.75, 3.05) is 26.3 Å². The number of carbonyl (C=O) groups is 1. The molecular weight excluding hydrogens is 396 g/mol. The molecule has 1 saturated heterocycles. The van der Waals surface area contributed by atoms with E-state index in [1.165, 1.54) is 6.07 Å². The van der Waals surface area contributed by atoms with Gasteiger partial charge in [-0.15, -0.1) is 0 Å². The number of nitrogens with one attached hydrogen (secondary N) is 1. The van der Waals surface area contributed by atoms with Crippen LogP contribution in [0, 0.1) is 6.92 Å². The quantitative estimate of drug-likeness (QED) is 0.752. The second kappa shape index (κ2) is 7.85. The van der Waals surface area contributed by atoms with Crippen molar-refractivity contribution in [3.8, 4) is 11.4 Å². The molecule has 1 atom stereocenters. The number of nitrogens with zero attached hydrogens (tertiary/aromatic N) is 3. The molecule has 2 fully saturated rings. The van der Waals surface area contributed by atoms with Crippen LogP contribution in [0.3, 0.4) is 0 Å². The van der Waals surface area contributed by atoms with Gasteiger partial charge < -0.3 is 14.2 Å². The van der Waals surface area contributed by atoms with Gasteiger partial charge in [0.1, 0.15) is 0 Å². The van der Waals surface area contributed by atoms with Gasteiger partial charge in [0.2, 0.25) is 27.6 Å². The molecule has 2 heterocycles. The highest BCUT2D eigenvalue weighted by atomic mass is 32.2. The molecule has 4 rings (SSSR count). The number of rotatable bonds is 6. The fraction of sp³-hybridized carbons (Fsp3) is 0.526. The zero-order valence-corrected chi connectivity index (χ0v) is 17.2. The van der Waals surface area contributed by atoms with Crippen molar-refractivity contribution in [1.29, 1.82) is 0 Å². The molecule has 1 N–H and O–H groups in total. The summed E-state index contributed by atoms with van der Waals surface area (Å²) in [5, 5.41) is 3.98. The standard InChI is InChI=1S/C19H24N4O5S/c1-12-3-4-15(17-20-18(28-21-17)14-5-6-14)11-16(12)29(25,26)22-13(2)19(24)23-7-9-27-10-8-23/h3-4,11,13-14,22H,5-10H2,1-2H3/t13-/m1/s1. The van der Waals surface area contributed by atoms with Crippen LogP contribution in [0.1, 0.15) is 37.1 Å². The molecule has 0 radical (unpaired) electrons. The van der Waals surface area contributed by atoms with E-state index in [1.54, 1.807) is 30.9 Å². The maximum Gasteiger partial charge on any atom is 0.241 e. The van der Waals surface area contributed by atoms with Crippen molar-refractivity contribution in [2.24, 2.45) is 0 Å². The van der Waals surface area contributed by atoms with Crippen LogP contribution in [0.2, 0.25) is 0 Å². The Bertz CT molecular complexity index is 1010. The summed E-state index contributed by atoms with van der Waals surface area (Å²) in [6, 6.07) is 4.10. The van der Waals surface area contributed by atoms with Crippen LogP contribution >= 0.6 is 0 Å². The molecule has 0 bridgehead atoms. The molecule has 1 amide bonds. The SMILES string of the molecule is Cc1ccc(-c2noc(C3CC3)n2)cc1S(=O)(=O)N[C@H](C)C(=O)N1CCOCC1. The molecule has 2 aromatic rings. The third kappa shape index (κ3) is 4.34. The first-order chi connectivity index (χ1) is 13.8. The average Bonchev–Trinajstić information content (AvgIpc) is 3.45. The van der Waals surface area contributed by atoms with Gasteiger partial charge >= 0.3 is 0 Å². The third-order valence-electron chi connectivity index (χ3n) is 5.13. The molecule has 10 heteroatoms. The molecule has 1 aromatic carbocycles. The molecule has 1 aromatic heterocycles. The van der Waals surface area contributed by atoms with Crippen molar-refractivity contribution in [3.05, 3.63) is 29.7 Å². The predicted molar refractivity (Wildman–Crippen MR) is 104 cm³/mol. The number of benzene rings is 1. The molecule has 1 aliphatic heterocycles. The monoisotopic (exact) mass is 420 g/mol. The van der Waals surface area contributed by atoms with Gasteiger partial charge in [-0.25, -0.2) is 8.42 Å². The minimum Gasteiger partial charge on any atom is -0.378 e. The highest BCUT2D eigenvalue weighted by Crippen LogP contribution is 2.39. The summed E-state index contributed by atoms with van der Waals surface area (Å²) in [7, 11) is -3.92. The van der Waals surface area contributed by atoms with E-state index < -0.39 is 16.1 Å². The molecule has 1 saturated carbocycles. The number of aryl methyl sites for hydroxylation is 1. The molecular formula is C19H24N4O5S. The summed E-state index contributed by atoms with van der Waals surface area (Å²) in [6.07, 6.45) is 2.07. The van der Waals surface area contributed by atoms with Crippen molar-refractivity contribution in [1.82, 2.24) is 19.8 Å². The number of aromatic nitrogens is 2. The van der Waals surface area contributed by atoms with Gasteiger partial charge in [-0.1, -0.05) is 17.3 Å². The minimum absolute atomic E-state index is 0.0920. The number of sulfonamides is 1. The number of morpholine rings is 1. The van der Waals surface area contributed by atoms with Gasteiger partial charge in [-0.3, -0.25) is 4.79 Å². The number of amides is 1. The zero-order chi connectivity index (χ0) is 20.6. The lowest BCUT2D eigenvalue weighted by molar-refractivity contribution is -0.136. The normalized spacial score (nSPS) is 18.6. The van der Waals surface area contributed by atoms with Crippen LogP contribution < -0.4 is 4.72 Å². The minimum atomic E-state index is -3.92. The molecule has 156 valence electrons. The highest BCUT2D eigenvalue weighted by molar-refractivity contribution is 7.89. The molecule has 0 unspecified atom stereocenters. The summed E-state index contributed by atoms with van der Waals surface area (Å²) in [4.78, 5) is 18.6. The lowest BCUT2D eigenvalue weighted by atomic mass is 10.1. The number of hydrogen-bond acceptors (Lipinski definition) is 7. The highest BCUT2D eigenvalue weighted by Gasteiger charge is 2.31. The molecule has 1 aliphatic carbocycles. The van der Waals surface area contributed by atoms with E-state index in [1.807, 2.05) is 0 Å². The van der Waals surface area contributed by atoms with Crippen molar-refractivity contribution in [2.45, 2.75) is 43.5 Å². The molecule has 2 aliphatic rings. The van der Waals surface area contributed by atoms with Crippen molar-refractivity contribution in [3.63, 3.8) is 0 Å². The maximum atomic E-state index is 13.0. The molecule has 9 nitrogen and oxygen atoms in total. The first kappa shape index (κ1) is 20.0. The van der Waals surface area contributed by atoms with Crippen LogP contribution in [0.15, 0.2) is 27.6 Å². The van der Waals surface area contributed by atoms with E-state index >= 15 is 0 Å². The Kier molecular flexibility index (Phi) is 5.41. The summed E-state index contributed by atoms with van der Waals surface area (Å²) in [5.74, 6) is 1.00. The van der Waals surface area contributed by atoms with E-state index in [0.29, 0.717) is 55.1 Å². The zero-order valence-electron chi connectivity index (χ0n) is 16.4. The van der Waals surface area contributed by atoms with Crippen LogP contribution in [0.5, 0.6) is 0 Å². The van der Waals surface area contributed by atoms with E-state index in [4.69, 9.17) is 9.26 Å². The fourth-order valence-corrected chi connectivity index (χ4v) is 4.75. The van der Waals surface area contributed by atoms with Crippen molar-refractivity contribution >= 4 is 15.9 Å². The Morgan fingerprint density at radius 3 is 2.69 bits per heavy atom. The first-order valence-electron chi connectivity index (χ1n) is 9.68. The number of hydrogen-bond donors (Lipinski definition) is 1. The topological polar surface area (TPSA) is 115 Å². The van der Waals surface area contributed by atoms with Gasteiger partial charge in [0, 0.05) is 24.6 Å². The largest absolute Gasteiger partial charge is 0.378 e. The van der Waals surface area contributed by atoms with Crippen LogP contribution in [-0.4, -0.2) is 61.7 Å². The predicted octanol–water partition coefficient (Wildman–Crippen LogP) is 1.45. The van der Waals surface area contributed by atoms with E-state index in [9.17, 15) is 13.2 Å². The second-order valence-electron chi connectivity index (χ2n) is 7.49. The molecule has 0 spiro atoms. The molecule has 29 heavy (non-hydrogen) atoms. The number of ether oxygens (including phenoxy) is 1. The van der Waals surface area contributed by atoms with Crippen LogP contribution in [-0.2, 0) is 19.6 Å². The van der Waals surface area contributed by atoms with E-state index in [0.717, 1.165) is 12.8 Å². The van der Waals surface area contributed by atoms with Gasteiger partial charge in [-0.05, 0) is 38.3 Å². The second-order valence-corrected chi connectivity index (χ2v) is 9.17. The summed E-state index contributed by atoms with van der Waals surface area (Å²) >= 11 is 0.